The van der Waals surface area contributed by atoms with Crippen LogP contribution in [0.4, 0.5) is 4.79 Å². The zero-order valence-electron chi connectivity index (χ0n) is 11.8. The summed E-state index contributed by atoms with van der Waals surface area (Å²) in [6, 6.07) is 9.41. The van der Waals surface area contributed by atoms with Crippen molar-refractivity contribution in [2.24, 2.45) is 5.73 Å². The summed E-state index contributed by atoms with van der Waals surface area (Å²) in [6.45, 7) is 0. The van der Waals surface area contributed by atoms with Gasteiger partial charge in [-0.1, -0.05) is 54.8 Å². The monoisotopic (exact) mass is 303 g/mol. The molecule has 0 atom stereocenters. The summed E-state index contributed by atoms with van der Waals surface area (Å²) >= 11 is 6.51. The van der Waals surface area contributed by atoms with Crippen LogP contribution in [0.15, 0.2) is 30.3 Å². The molecule has 0 aliphatic heterocycles. The third-order valence-electron chi connectivity index (χ3n) is 4.09. The molecule has 0 spiro atoms. The van der Waals surface area contributed by atoms with Crippen molar-refractivity contribution in [3.63, 3.8) is 0 Å². The Labute approximate surface area is 128 Å². The maximum absolute atomic E-state index is 11.7. The third kappa shape index (κ3) is 2.81. The molecule has 2 aromatic rings. The Kier molecular flexibility index (Phi) is 3.97. The van der Waals surface area contributed by atoms with Gasteiger partial charge in [-0.05, 0) is 18.4 Å². The molecule has 0 bridgehead atoms. The van der Waals surface area contributed by atoms with Crippen LogP contribution in [0.3, 0.4) is 0 Å². The van der Waals surface area contributed by atoms with Crippen molar-refractivity contribution < 1.29 is 4.79 Å². The average molecular weight is 304 g/mol. The van der Waals surface area contributed by atoms with Gasteiger partial charge in [-0.3, -0.25) is 0 Å². The number of carbonyl (C=O) groups excluding carboxylic acids is 1. The Bertz CT molecular complexity index is 645. The Morgan fingerprint density at radius 3 is 2.57 bits per heavy atom. The first-order valence-corrected chi connectivity index (χ1v) is 7.65. The van der Waals surface area contributed by atoms with Crippen LogP contribution in [-0.4, -0.2) is 15.8 Å². The molecule has 1 amide bonds. The summed E-state index contributed by atoms with van der Waals surface area (Å²) in [7, 11) is 0. The van der Waals surface area contributed by atoms with Crippen LogP contribution in [0.5, 0.6) is 0 Å². The molecule has 0 radical (unpaired) electrons. The molecule has 1 aromatic carbocycles. The van der Waals surface area contributed by atoms with Crippen LogP contribution >= 0.6 is 11.6 Å². The van der Waals surface area contributed by atoms with E-state index < -0.39 is 6.03 Å². The summed E-state index contributed by atoms with van der Waals surface area (Å²) in [5.74, 6) is 0.294. The lowest BCUT2D eigenvalue weighted by atomic mass is 10.0. The van der Waals surface area contributed by atoms with E-state index in [2.05, 4.69) is 5.10 Å². The quantitative estimate of drug-likeness (QED) is 0.939. The van der Waals surface area contributed by atoms with Gasteiger partial charge in [-0.25, -0.2) is 4.79 Å². The number of benzene rings is 1. The fourth-order valence-electron chi connectivity index (χ4n) is 3.08. The minimum absolute atomic E-state index is 0.294. The number of primary amides is 1. The maximum Gasteiger partial charge on any atom is 0.339 e. The number of amides is 1. The first kappa shape index (κ1) is 14.1. The first-order valence-electron chi connectivity index (χ1n) is 7.28. The molecule has 1 aliphatic carbocycles. The van der Waals surface area contributed by atoms with E-state index in [0.717, 1.165) is 29.8 Å². The zero-order valence-corrected chi connectivity index (χ0v) is 12.5. The highest BCUT2D eigenvalue weighted by atomic mass is 35.5. The average Bonchev–Trinajstić information content (AvgIpc) is 3.09. The van der Waals surface area contributed by atoms with Crippen LogP contribution < -0.4 is 5.73 Å². The molecule has 0 saturated heterocycles. The van der Waals surface area contributed by atoms with Crippen molar-refractivity contribution in [3.8, 4) is 0 Å². The van der Waals surface area contributed by atoms with Gasteiger partial charge in [0.1, 0.15) is 0 Å². The Balaban J connectivity index is 1.98. The summed E-state index contributed by atoms with van der Waals surface area (Å²) < 4.78 is 1.30. The topological polar surface area (TPSA) is 60.9 Å². The van der Waals surface area contributed by atoms with E-state index in [0.29, 0.717) is 17.4 Å². The molecule has 1 saturated carbocycles. The molecule has 1 aliphatic rings. The molecule has 5 heteroatoms. The lowest BCUT2D eigenvalue weighted by Gasteiger charge is -2.10. The van der Waals surface area contributed by atoms with Crippen molar-refractivity contribution in [3.05, 3.63) is 52.3 Å². The summed E-state index contributed by atoms with van der Waals surface area (Å²) in [5, 5.41) is 4.96. The first-order chi connectivity index (χ1) is 10.2. The minimum atomic E-state index is -0.557. The molecule has 1 fully saturated rings. The number of halogens is 1. The number of hydrogen-bond acceptors (Lipinski definition) is 2. The summed E-state index contributed by atoms with van der Waals surface area (Å²) in [4.78, 5) is 11.7. The minimum Gasteiger partial charge on any atom is -0.350 e. The molecular formula is C16H18ClN3O. The second kappa shape index (κ2) is 5.90. The van der Waals surface area contributed by atoms with Gasteiger partial charge in [0.2, 0.25) is 0 Å². The second-order valence-corrected chi connectivity index (χ2v) is 5.92. The highest BCUT2D eigenvalue weighted by molar-refractivity contribution is 6.32. The predicted octanol–water partition coefficient (Wildman–Crippen LogP) is 3.71. The predicted molar refractivity (Wildman–Crippen MR) is 82.7 cm³/mol. The lowest BCUT2D eigenvalue weighted by molar-refractivity contribution is 0.246. The molecule has 21 heavy (non-hydrogen) atoms. The van der Waals surface area contributed by atoms with Gasteiger partial charge in [0, 0.05) is 12.3 Å². The van der Waals surface area contributed by atoms with Crippen LogP contribution in [0.25, 0.3) is 0 Å². The van der Waals surface area contributed by atoms with E-state index in [9.17, 15) is 4.79 Å². The smallest absolute Gasteiger partial charge is 0.339 e. The van der Waals surface area contributed by atoms with Crippen LogP contribution in [0.2, 0.25) is 5.02 Å². The maximum atomic E-state index is 11.7. The van der Waals surface area contributed by atoms with Crippen molar-refractivity contribution in [1.82, 2.24) is 9.78 Å². The van der Waals surface area contributed by atoms with Crippen molar-refractivity contribution in [2.45, 2.75) is 38.0 Å². The Morgan fingerprint density at radius 1 is 1.29 bits per heavy atom. The number of nitrogens with two attached hydrogens (primary N) is 1. The fourth-order valence-corrected chi connectivity index (χ4v) is 3.42. The van der Waals surface area contributed by atoms with Gasteiger partial charge in [0.05, 0.1) is 16.4 Å². The molecule has 3 rings (SSSR count). The van der Waals surface area contributed by atoms with Gasteiger partial charge in [-0.15, -0.1) is 0 Å². The van der Waals surface area contributed by atoms with Crippen LogP contribution in [-0.2, 0) is 6.42 Å². The van der Waals surface area contributed by atoms with E-state index in [1.807, 2.05) is 30.3 Å². The SMILES string of the molecule is NC(=O)n1nc(Cc2ccccc2)c(Cl)c1C1CCCC1. The zero-order chi connectivity index (χ0) is 14.8. The van der Waals surface area contributed by atoms with Crippen molar-refractivity contribution in [1.29, 1.82) is 0 Å². The van der Waals surface area contributed by atoms with E-state index in [4.69, 9.17) is 17.3 Å². The van der Waals surface area contributed by atoms with Gasteiger partial charge in [-0.2, -0.15) is 9.78 Å². The fraction of sp³-hybridized carbons (Fsp3) is 0.375. The molecular weight excluding hydrogens is 286 g/mol. The normalized spacial score (nSPS) is 15.5. The standard InChI is InChI=1S/C16H18ClN3O/c17-14-13(10-11-6-2-1-3-7-11)19-20(16(18)21)15(14)12-8-4-5-9-12/h1-3,6-7,12H,4-5,8-10H2,(H2,18,21). The van der Waals surface area contributed by atoms with Gasteiger partial charge in [0.15, 0.2) is 0 Å². The van der Waals surface area contributed by atoms with E-state index in [1.54, 1.807) is 0 Å². The Morgan fingerprint density at radius 2 is 1.95 bits per heavy atom. The van der Waals surface area contributed by atoms with Gasteiger partial charge < -0.3 is 5.73 Å². The summed E-state index contributed by atoms with van der Waals surface area (Å²) in [5.41, 5.74) is 8.10. The van der Waals surface area contributed by atoms with Crippen molar-refractivity contribution >= 4 is 17.6 Å². The number of hydrogen-bond donors (Lipinski definition) is 1. The highest BCUT2D eigenvalue weighted by Gasteiger charge is 2.28. The number of rotatable bonds is 3. The van der Waals surface area contributed by atoms with Crippen LogP contribution in [0.1, 0.15) is 48.6 Å². The van der Waals surface area contributed by atoms with Gasteiger partial charge in [0.25, 0.3) is 0 Å². The van der Waals surface area contributed by atoms with E-state index >= 15 is 0 Å². The van der Waals surface area contributed by atoms with Crippen LogP contribution in [0, 0.1) is 0 Å². The van der Waals surface area contributed by atoms with Gasteiger partial charge >= 0.3 is 6.03 Å². The summed E-state index contributed by atoms with van der Waals surface area (Å²) in [6.07, 6.45) is 5.03. The molecule has 4 nitrogen and oxygen atoms in total. The highest BCUT2D eigenvalue weighted by Crippen LogP contribution is 2.39. The number of aromatic nitrogens is 2. The molecule has 2 N–H and O–H groups in total. The van der Waals surface area contributed by atoms with E-state index in [-0.39, 0.29) is 0 Å². The molecule has 0 unspecified atom stereocenters. The third-order valence-corrected chi connectivity index (χ3v) is 4.50. The number of carbonyl (C=O) groups is 1. The molecule has 110 valence electrons. The molecule has 1 heterocycles. The molecule has 1 aromatic heterocycles. The largest absolute Gasteiger partial charge is 0.350 e. The lowest BCUT2D eigenvalue weighted by Crippen LogP contribution is -2.24. The second-order valence-electron chi connectivity index (χ2n) is 5.54. The van der Waals surface area contributed by atoms with Crippen molar-refractivity contribution in [2.75, 3.05) is 0 Å². The van der Waals surface area contributed by atoms with E-state index in [1.165, 1.54) is 17.5 Å². The number of nitrogens with zero attached hydrogens (tertiary/aromatic N) is 2. The Hall–Kier alpha value is -1.81.